The van der Waals surface area contributed by atoms with E-state index in [0.29, 0.717) is 33.6 Å². The fourth-order valence-corrected chi connectivity index (χ4v) is 3.06. The number of rotatable bonds is 8. The van der Waals surface area contributed by atoms with Crippen molar-refractivity contribution in [2.75, 3.05) is 17.2 Å². The number of para-hydroxylation sites is 2. The summed E-state index contributed by atoms with van der Waals surface area (Å²) in [6.45, 7) is -0.0958. The van der Waals surface area contributed by atoms with Gasteiger partial charge in [-0.1, -0.05) is 36.0 Å². The molecule has 0 radical (unpaired) electrons. The number of hydrogen-bond donors (Lipinski definition) is 3. The molecule has 3 N–H and O–H groups in total. The molecule has 1 fully saturated rings. The molecule has 3 rings (SSSR count). The lowest BCUT2D eigenvalue weighted by Crippen LogP contribution is -2.27. The maximum atomic E-state index is 12.6. The second-order valence-electron chi connectivity index (χ2n) is 6.07. The molecule has 0 atom stereocenters. The summed E-state index contributed by atoms with van der Waals surface area (Å²) in [6, 6.07) is 13.5. The van der Waals surface area contributed by atoms with Crippen molar-refractivity contribution in [3.05, 3.63) is 54.1 Å². The van der Waals surface area contributed by atoms with Crippen LogP contribution in [0.25, 0.3) is 0 Å². The Kier molecular flexibility index (Phi) is 6.28. The van der Waals surface area contributed by atoms with Crippen LogP contribution in [0.2, 0.25) is 0 Å². The zero-order valence-electron chi connectivity index (χ0n) is 14.4. The van der Waals surface area contributed by atoms with E-state index in [1.807, 2.05) is 0 Å². The molecule has 0 unspecified atom stereocenters. The first-order chi connectivity index (χ1) is 13.0. The summed E-state index contributed by atoms with van der Waals surface area (Å²) in [5.41, 5.74) is 1.33. The van der Waals surface area contributed by atoms with E-state index in [1.54, 1.807) is 42.5 Å². The lowest BCUT2D eigenvalue weighted by atomic mass is 10.1. The summed E-state index contributed by atoms with van der Waals surface area (Å²) in [6.07, 6.45) is 1.97. The van der Waals surface area contributed by atoms with Crippen LogP contribution in [0.4, 0.5) is 20.2 Å². The Labute approximate surface area is 159 Å². The lowest BCUT2D eigenvalue weighted by Gasteiger charge is -2.13. The average molecular weight is 391 g/mol. The molecule has 1 aliphatic carbocycles. The Bertz CT molecular complexity index is 828. The van der Waals surface area contributed by atoms with E-state index < -0.39 is 11.7 Å². The van der Waals surface area contributed by atoms with Crippen LogP contribution in [0.3, 0.4) is 0 Å². The number of benzene rings is 2. The van der Waals surface area contributed by atoms with Crippen LogP contribution < -0.4 is 16.0 Å². The van der Waals surface area contributed by atoms with Crippen molar-refractivity contribution in [2.24, 2.45) is 0 Å². The van der Waals surface area contributed by atoms with Gasteiger partial charge in [0.15, 0.2) is 0 Å². The Hall–Kier alpha value is -2.61. The average Bonchev–Trinajstić information content (AvgIpc) is 3.45. The van der Waals surface area contributed by atoms with Gasteiger partial charge in [-0.2, -0.15) is 8.78 Å². The highest BCUT2D eigenvalue weighted by molar-refractivity contribution is 7.99. The van der Waals surface area contributed by atoms with Crippen molar-refractivity contribution in [2.45, 2.75) is 29.5 Å². The summed E-state index contributed by atoms with van der Waals surface area (Å²) in [4.78, 5) is 24.8. The van der Waals surface area contributed by atoms with Crippen molar-refractivity contribution in [3.63, 3.8) is 0 Å². The number of alkyl halides is 2. The van der Waals surface area contributed by atoms with E-state index in [2.05, 4.69) is 16.0 Å². The van der Waals surface area contributed by atoms with Crippen molar-refractivity contribution in [1.29, 1.82) is 0 Å². The molecule has 0 spiro atoms. The maximum Gasteiger partial charge on any atom is 0.288 e. The van der Waals surface area contributed by atoms with Crippen molar-refractivity contribution in [1.82, 2.24) is 5.32 Å². The van der Waals surface area contributed by atoms with Crippen LogP contribution in [0, 0.1) is 0 Å². The van der Waals surface area contributed by atoms with Gasteiger partial charge in [0, 0.05) is 16.6 Å². The molecule has 1 aliphatic rings. The number of nitrogens with one attached hydrogen (secondary N) is 3. The number of halogens is 2. The van der Waals surface area contributed by atoms with Gasteiger partial charge in [-0.25, -0.2) is 0 Å². The molecule has 27 heavy (non-hydrogen) atoms. The van der Waals surface area contributed by atoms with Gasteiger partial charge >= 0.3 is 0 Å². The molecule has 0 saturated heterocycles. The van der Waals surface area contributed by atoms with Crippen LogP contribution in [0.1, 0.15) is 23.2 Å². The summed E-state index contributed by atoms with van der Waals surface area (Å²) >= 11 is 0.378. The van der Waals surface area contributed by atoms with Gasteiger partial charge in [0.25, 0.3) is 11.7 Å². The van der Waals surface area contributed by atoms with Crippen LogP contribution >= 0.6 is 11.8 Å². The summed E-state index contributed by atoms with van der Waals surface area (Å²) < 4.78 is 25.2. The highest BCUT2D eigenvalue weighted by atomic mass is 32.2. The largest absolute Gasteiger partial charge is 0.376 e. The Morgan fingerprint density at radius 2 is 1.70 bits per heavy atom. The molecule has 5 nitrogen and oxygen atoms in total. The van der Waals surface area contributed by atoms with Crippen LogP contribution in [0.15, 0.2) is 53.4 Å². The van der Waals surface area contributed by atoms with Gasteiger partial charge in [0.1, 0.15) is 0 Å². The number of hydrogen-bond acceptors (Lipinski definition) is 4. The number of anilines is 2. The Morgan fingerprint density at radius 3 is 2.41 bits per heavy atom. The minimum atomic E-state index is -2.57. The topological polar surface area (TPSA) is 70.2 Å². The highest BCUT2D eigenvalue weighted by Gasteiger charge is 2.24. The molecule has 0 aromatic heterocycles. The Balaban J connectivity index is 1.61. The third kappa shape index (κ3) is 5.68. The molecule has 2 amide bonds. The fraction of sp³-hybridized carbons (Fsp3) is 0.263. The van der Waals surface area contributed by atoms with E-state index in [4.69, 9.17) is 0 Å². The quantitative estimate of drug-likeness (QED) is 0.596. The van der Waals surface area contributed by atoms with E-state index >= 15 is 0 Å². The number of carbonyl (C=O) groups is 2. The molecular weight excluding hydrogens is 372 g/mol. The first-order valence-electron chi connectivity index (χ1n) is 8.50. The maximum absolute atomic E-state index is 12.6. The first kappa shape index (κ1) is 19.2. The van der Waals surface area contributed by atoms with E-state index in [9.17, 15) is 18.4 Å². The molecule has 0 bridgehead atoms. The first-order valence-corrected chi connectivity index (χ1v) is 9.38. The van der Waals surface area contributed by atoms with Gasteiger partial charge in [-0.3, -0.25) is 9.59 Å². The van der Waals surface area contributed by atoms with Crippen LogP contribution in [-0.4, -0.2) is 30.2 Å². The lowest BCUT2D eigenvalue weighted by molar-refractivity contribution is -0.114. The zero-order chi connectivity index (χ0) is 19.2. The molecule has 0 heterocycles. The third-order valence-corrected chi connectivity index (χ3v) is 4.69. The predicted molar refractivity (Wildman–Crippen MR) is 102 cm³/mol. The van der Waals surface area contributed by atoms with Gasteiger partial charge < -0.3 is 16.0 Å². The highest BCUT2D eigenvalue weighted by Crippen LogP contribution is 2.31. The minimum Gasteiger partial charge on any atom is -0.376 e. The molecule has 1 saturated carbocycles. The predicted octanol–water partition coefficient (Wildman–Crippen LogP) is 3.94. The molecule has 2 aromatic carbocycles. The van der Waals surface area contributed by atoms with Gasteiger partial charge in [0.2, 0.25) is 5.91 Å². The normalized spacial score (nSPS) is 13.3. The SMILES string of the molecule is O=C(CNc1ccccc1C(=O)NC1CC1)Nc1ccccc1SC(F)F. The Morgan fingerprint density at radius 1 is 1.04 bits per heavy atom. The molecule has 0 aliphatic heterocycles. The number of thioether (sulfide) groups is 1. The fourth-order valence-electron chi connectivity index (χ4n) is 2.46. The van der Waals surface area contributed by atoms with Crippen molar-refractivity contribution >= 4 is 35.0 Å². The molecular formula is C19H19F2N3O2S. The van der Waals surface area contributed by atoms with Crippen LogP contribution in [-0.2, 0) is 4.79 Å². The van der Waals surface area contributed by atoms with Gasteiger partial charge in [-0.15, -0.1) is 0 Å². The molecule has 8 heteroatoms. The molecule has 2 aromatic rings. The van der Waals surface area contributed by atoms with Crippen molar-refractivity contribution in [3.8, 4) is 0 Å². The minimum absolute atomic E-state index is 0.0958. The third-order valence-electron chi connectivity index (χ3n) is 3.90. The smallest absolute Gasteiger partial charge is 0.288 e. The van der Waals surface area contributed by atoms with Gasteiger partial charge in [-0.05, 0) is 37.1 Å². The molecule has 142 valence electrons. The van der Waals surface area contributed by atoms with E-state index in [-0.39, 0.29) is 18.5 Å². The zero-order valence-corrected chi connectivity index (χ0v) is 15.2. The standard InChI is InChI=1S/C19H19F2N3O2S/c20-19(21)27-16-8-4-3-7-15(16)24-17(25)11-22-14-6-2-1-5-13(14)18(26)23-12-9-10-12/h1-8,12,19,22H,9-11H2,(H,23,26)(H,24,25). The second-order valence-corrected chi connectivity index (χ2v) is 7.10. The second kappa shape index (κ2) is 8.85. The van der Waals surface area contributed by atoms with Crippen molar-refractivity contribution < 1.29 is 18.4 Å². The van der Waals surface area contributed by atoms with Crippen LogP contribution in [0.5, 0.6) is 0 Å². The van der Waals surface area contributed by atoms with Gasteiger partial charge in [0.05, 0.1) is 17.8 Å². The summed E-state index contributed by atoms with van der Waals surface area (Å²) in [5, 5.41) is 8.47. The van der Waals surface area contributed by atoms with E-state index in [1.165, 1.54) is 6.07 Å². The van der Waals surface area contributed by atoms with E-state index in [0.717, 1.165) is 12.8 Å². The number of amides is 2. The monoisotopic (exact) mass is 391 g/mol. The summed E-state index contributed by atoms with van der Waals surface area (Å²) in [5.74, 6) is -3.15. The summed E-state index contributed by atoms with van der Waals surface area (Å²) in [7, 11) is 0. The number of carbonyl (C=O) groups excluding carboxylic acids is 2.